The van der Waals surface area contributed by atoms with Crippen molar-refractivity contribution in [3.63, 3.8) is 0 Å². The SMILES string of the molecule is CC(=O)N(C(C)C)C1CCN(C(=O)C(C)N)C1. The Morgan fingerprint density at radius 2 is 1.94 bits per heavy atom. The van der Waals surface area contributed by atoms with Crippen LogP contribution in [0.2, 0.25) is 0 Å². The Bertz CT molecular complexity index is 302. The molecular weight excluding hydrogens is 218 g/mol. The lowest BCUT2D eigenvalue weighted by Crippen LogP contribution is -2.47. The Morgan fingerprint density at radius 1 is 1.35 bits per heavy atom. The van der Waals surface area contributed by atoms with Gasteiger partial charge in [0.15, 0.2) is 0 Å². The van der Waals surface area contributed by atoms with Crippen molar-refractivity contribution in [1.82, 2.24) is 9.80 Å². The zero-order valence-corrected chi connectivity index (χ0v) is 11.1. The van der Waals surface area contributed by atoms with Gasteiger partial charge in [-0.05, 0) is 27.2 Å². The van der Waals surface area contributed by atoms with E-state index >= 15 is 0 Å². The van der Waals surface area contributed by atoms with Gasteiger partial charge in [0.05, 0.1) is 12.1 Å². The van der Waals surface area contributed by atoms with E-state index in [1.54, 1.807) is 18.7 Å². The molecule has 2 unspecified atom stereocenters. The summed E-state index contributed by atoms with van der Waals surface area (Å²) in [5.41, 5.74) is 5.59. The highest BCUT2D eigenvalue weighted by Crippen LogP contribution is 2.18. The Hall–Kier alpha value is -1.10. The molecule has 1 aliphatic heterocycles. The van der Waals surface area contributed by atoms with Crippen LogP contribution < -0.4 is 5.73 Å². The highest BCUT2D eigenvalue weighted by atomic mass is 16.2. The predicted molar refractivity (Wildman–Crippen MR) is 66.3 cm³/mol. The van der Waals surface area contributed by atoms with Crippen LogP contribution in [0, 0.1) is 0 Å². The normalized spacial score (nSPS) is 21.8. The van der Waals surface area contributed by atoms with Gasteiger partial charge < -0.3 is 15.5 Å². The molecule has 1 aliphatic rings. The zero-order chi connectivity index (χ0) is 13.2. The Kier molecular flexibility index (Phi) is 4.51. The third-order valence-corrected chi connectivity index (χ3v) is 3.18. The van der Waals surface area contributed by atoms with E-state index in [4.69, 9.17) is 5.73 Å². The Morgan fingerprint density at radius 3 is 2.35 bits per heavy atom. The summed E-state index contributed by atoms with van der Waals surface area (Å²) in [5.74, 6) is 0.0415. The summed E-state index contributed by atoms with van der Waals surface area (Å²) < 4.78 is 0. The van der Waals surface area contributed by atoms with Crippen molar-refractivity contribution in [2.45, 2.75) is 52.2 Å². The highest BCUT2D eigenvalue weighted by Gasteiger charge is 2.33. The van der Waals surface area contributed by atoms with Crippen molar-refractivity contribution in [2.75, 3.05) is 13.1 Å². The van der Waals surface area contributed by atoms with Gasteiger partial charge in [-0.15, -0.1) is 0 Å². The van der Waals surface area contributed by atoms with E-state index < -0.39 is 6.04 Å². The first kappa shape index (κ1) is 14.0. The largest absolute Gasteiger partial charge is 0.339 e. The lowest BCUT2D eigenvalue weighted by Gasteiger charge is -2.31. The number of carbonyl (C=O) groups excluding carboxylic acids is 2. The molecule has 0 radical (unpaired) electrons. The molecule has 0 spiro atoms. The van der Waals surface area contributed by atoms with E-state index in [2.05, 4.69) is 0 Å². The monoisotopic (exact) mass is 241 g/mol. The van der Waals surface area contributed by atoms with Crippen molar-refractivity contribution in [1.29, 1.82) is 0 Å². The molecule has 0 bridgehead atoms. The number of hydrogen-bond donors (Lipinski definition) is 1. The second kappa shape index (κ2) is 5.49. The molecule has 2 amide bonds. The van der Waals surface area contributed by atoms with Crippen LogP contribution in [0.1, 0.15) is 34.1 Å². The van der Waals surface area contributed by atoms with Gasteiger partial charge in [0.25, 0.3) is 0 Å². The summed E-state index contributed by atoms with van der Waals surface area (Å²) in [5, 5.41) is 0. The molecule has 1 fully saturated rings. The molecule has 0 saturated carbocycles. The van der Waals surface area contributed by atoms with Gasteiger partial charge >= 0.3 is 0 Å². The third-order valence-electron chi connectivity index (χ3n) is 3.18. The minimum Gasteiger partial charge on any atom is -0.339 e. The topological polar surface area (TPSA) is 66.6 Å². The summed E-state index contributed by atoms with van der Waals surface area (Å²) in [4.78, 5) is 26.9. The van der Waals surface area contributed by atoms with Gasteiger partial charge in [-0.2, -0.15) is 0 Å². The van der Waals surface area contributed by atoms with Crippen molar-refractivity contribution in [3.05, 3.63) is 0 Å². The molecular formula is C12H23N3O2. The molecule has 2 N–H and O–H groups in total. The van der Waals surface area contributed by atoms with E-state index in [1.807, 2.05) is 18.7 Å². The number of amides is 2. The van der Waals surface area contributed by atoms with Crippen LogP contribution in [0.15, 0.2) is 0 Å². The lowest BCUT2D eigenvalue weighted by atomic mass is 10.1. The van der Waals surface area contributed by atoms with Crippen LogP contribution in [0.25, 0.3) is 0 Å². The molecule has 98 valence electrons. The fraction of sp³-hybridized carbons (Fsp3) is 0.833. The fourth-order valence-electron chi connectivity index (χ4n) is 2.50. The number of carbonyl (C=O) groups is 2. The summed E-state index contributed by atoms with van der Waals surface area (Å²) in [6.07, 6.45) is 0.843. The van der Waals surface area contributed by atoms with Gasteiger partial charge in [0, 0.05) is 26.1 Å². The maximum atomic E-state index is 11.8. The molecule has 2 atom stereocenters. The first-order valence-electron chi connectivity index (χ1n) is 6.17. The van der Waals surface area contributed by atoms with Crippen molar-refractivity contribution < 1.29 is 9.59 Å². The quantitative estimate of drug-likeness (QED) is 0.767. The Labute approximate surface area is 103 Å². The molecule has 1 saturated heterocycles. The standard InChI is InChI=1S/C12H23N3O2/c1-8(2)15(10(4)16)11-5-6-14(7-11)12(17)9(3)13/h8-9,11H,5-7,13H2,1-4H3. The van der Waals surface area contributed by atoms with E-state index in [9.17, 15) is 9.59 Å². The molecule has 5 nitrogen and oxygen atoms in total. The maximum Gasteiger partial charge on any atom is 0.239 e. The van der Waals surface area contributed by atoms with Gasteiger partial charge in [-0.1, -0.05) is 0 Å². The van der Waals surface area contributed by atoms with Crippen LogP contribution in [-0.2, 0) is 9.59 Å². The molecule has 0 aromatic rings. The number of likely N-dealkylation sites (tertiary alicyclic amines) is 1. The van der Waals surface area contributed by atoms with E-state index in [0.717, 1.165) is 6.42 Å². The molecule has 0 aliphatic carbocycles. The number of hydrogen-bond acceptors (Lipinski definition) is 3. The first-order valence-corrected chi connectivity index (χ1v) is 6.17. The number of nitrogens with two attached hydrogens (primary N) is 1. The van der Waals surface area contributed by atoms with Crippen LogP contribution in [0.5, 0.6) is 0 Å². The van der Waals surface area contributed by atoms with E-state index in [1.165, 1.54) is 0 Å². The number of nitrogens with zero attached hydrogens (tertiary/aromatic N) is 2. The third kappa shape index (κ3) is 3.19. The highest BCUT2D eigenvalue weighted by molar-refractivity contribution is 5.81. The average Bonchev–Trinajstić information content (AvgIpc) is 2.64. The van der Waals surface area contributed by atoms with Crippen molar-refractivity contribution in [2.24, 2.45) is 5.73 Å². The fourth-order valence-corrected chi connectivity index (χ4v) is 2.50. The molecule has 5 heteroatoms. The van der Waals surface area contributed by atoms with Gasteiger partial charge in [-0.3, -0.25) is 9.59 Å². The van der Waals surface area contributed by atoms with Gasteiger partial charge in [-0.25, -0.2) is 0 Å². The van der Waals surface area contributed by atoms with Crippen molar-refractivity contribution >= 4 is 11.8 Å². The van der Waals surface area contributed by atoms with Crippen LogP contribution in [0.4, 0.5) is 0 Å². The summed E-state index contributed by atoms with van der Waals surface area (Å²) in [6, 6.07) is -0.156. The zero-order valence-electron chi connectivity index (χ0n) is 11.1. The average molecular weight is 241 g/mol. The summed E-state index contributed by atoms with van der Waals surface area (Å²) in [7, 11) is 0. The van der Waals surface area contributed by atoms with Crippen LogP contribution >= 0.6 is 0 Å². The smallest absolute Gasteiger partial charge is 0.239 e. The van der Waals surface area contributed by atoms with Gasteiger partial charge in [0.1, 0.15) is 0 Å². The lowest BCUT2D eigenvalue weighted by molar-refractivity contribution is -0.135. The minimum absolute atomic E-state index is 0.0280. The second-order valence-electron chi connectivity index (χ2n) is 5.04. The summed E-state index contributed by atoms with van der Waals surface area (Å²) in [6.45, 7) is 8.57. The summed E-state index contributed by atoms with van der Waals surface area (Å²) >= 11 is 0. The minimum atomic E-state index is -0.460. The molecule has 0 aromatic heterocycles. The Balaban J connectivity index is 2.66. The molecule has 1 heterocycles. The number of rotatable bonds is 3. The van der Waals surface area contributed by atoms with Gasteiger partial charge in [0.2, 0.25) is 11.8 Å². The second-order valence-corrected chi connectivity index (χ2v) is 5.04. The molecule has 17 heavy (non-hydrogen) atoms. The molecule has 1 rings (SSSR count). The predicted octanol–water partition coefficient (Wildman–Crippen LogP) is 0.191. The van der Waals surface area contributed by atoms with E-state index in [-0.39, 0.29) is 23.9 Å². The first-order chi connectivity index (χ1) is 7.84. The molecule has 0 aromatic carbocycles. The maximum absolute atomic E-state index is 11.8. The van der Waals surface area contributed by atoms with E-state index in [0.29, 0.717) is 13.1 Å². The van der Waals surface area contributed by atoms with Crippen LogP contribution in [-0.4, -0.2) is 52.8 Å². The van der Waals surface area contributed by atoms with Crippen molar-refractivity contribution in [3.8, 4) is 0 Å². The van der Waals surface area contributed by atoms with Crippen LogP contribution in [0.3, 0.4) is 0 Å².